The van der Waals surface area contributed by atoms with Crippen molar-refractivity contribution in [1.82, 2.24) is 0 Å². The maximum absolute atomic E-state index is 11.3. The second-order valence-electron chi connectivity index (χ2n) is 4.22. The van der Waals surface area contributed by atoms with Crippen molar-refractivity contribution in [2.75, 3.05) is 6.61 Å². The summed E-state index contributed by atoms with van der Waals surface area (Å²) in [6, 6.07) is 0. The Morgan fingerprint density at radius 2 is 2.00 bits per heavy atom. The molecule has 15 heavy (non-hydrogen) atoms. The minimum Gasteiger partial charge on any atom is -0.465 e. The SMILES string of the molecule is CC(C)COC(=O)CCC1(C)OC=CO1. The molecule has 1 rings (SSSR count). The van der Waals surface area contributed by atoms with Gasteiger partial charge in [-0.3, -0.25) is 4.79 Å². The summed E-state index contributed by atoms with van der Waals surface area (Å²) in [5.41, 5.74) is 0. The average molecular weight is 214 g/mol. The largest absolute Gasteiger partial charge is 0.465 e. The smallest absolute Gasteiger partial charge is 0.306 e. The molecule has 1 aliphatic rings. The number of rotatable bonds is 5. The summed E-state index contributed by atoms with van der Waals surface area (Å²) in [6.07, 6.45) is 3.78. The third-order valence-electron chi connectivity index (χ3n) is 2.05. The highest BCUT2D eigenvalue weighted by Gasteiger charge is 2.30. The summed E-state index contributed by atoms with van der Waals surface area (Å²) < 4.78 is 15.4. The van der Waals surface area contributed by atoms with Gasteiger partial charge in [-0.15, -0.1) is 0 Å². The molecular formula is C11H18O4. The van der Waals surface area contributed by atoms with E-state index in [4.69, 9.17) is 14.2 Å². The van der Waals surface area contributed by atoms with Gasteiger partial charge >= 0.3 is 5.97 Å². The van der Waals surface area contributed by atoms with E-state index in [0.29, 0.717) is 25.4 Å². The summed E-state index contributed by atoms with van der Waals surface area (Å²) in [7, 11) is 0. The first-order valence-corrected chi connectivity index (χ1v) is 5.18. The Kier molecular flexibility index (Phi) is 4.00. The van der Waals surface area contributed by atoms with E-state index in [2.05, 4.69) is 0 Å². The highest BCUT2D eigenvalue weighted by atomic mass is 16.7. The first-order chi connectivity index (χ1) is 7.02. The fourth-order valence-corrected chi connectivity index (χ4v) is 1.15. The van der Waals surface area contributed by atoms with Crippen molar-refractivity contribution in [2.45, 2.75) is 39.4 Å². The Morgan fingerprint density at radius 1 is 1.40 bits per heavy atom. The van der Waals surface area contributed by atoms with Crippen LogP contribution in [0.1, 0.15) is 33.6 Å². The van der Waals surface area contributed by atoms with Gasteiger partial charge in [0, 0.05) is 13.3 Å². The molecule has 0 bridgehead atoms. The Hall–Kier alpha value is -1.19. The molecule has 1 heterocycles. The van der Waals surface area contributed by atoms with Crippen LogP contribution in [-0.4, -0.2) is 18.4 Å². The summed E-state index contributed by atoms with van der Waals surface area (Å²) in [5.74, 6) is -0.536. The van der Waals surface area contributed by atoms with Crippen LogP contribution < -0.4 is 0 Å². The van der Waals surface area contributed by atoms with Gasteiger partial charge in [0.05, 0.1) is 13.0 Å². The highest BCUT2D eigenvalue weighted by Crippen LogP contribution is 2.24. The predicted octanol–water partition coefficient (Wildman–Crippen LogP) is 2.20. The molecule has 0 spiro atoms. The van der Waals surface area contributed by atoms with E-state index >= 15 is 0 Å². The summed E-state index contributed by atoms with van der Waals surface area (Å²) in [6.45, 7) is 6.27. The van der Waals surface area contributed by atoms with Crippen LogP contribution in [0, 0.1) is 5.92 Å². The van der Waals surface area contributed by atoms with Crippen LogP contribution in [0.15, 0.2) is 12.5 Å². The molecule has 0 saturated carbocycles. The minimum atomic E-state index is -0.698. The second-order valence-corrected chi connectivity index (χ2v) is 4.22. The molecule has 86 valence electrons. The van der Waals surface area contributed by atoms with Crippen molar-refractivity contribution >= 4 is 5.97 Å². The lowest BCUT2D eigenvalue weighted by Gasteiger charge is -2.22. The fourth-order valence-electron chi connectivity index (χ4n) is 1.15. The molecule has 0 aliphatic carbocycles. The number of ether oxygens (including phenoxy) is 3. The molecular weight excluding hydrogens is 196 g/mol. The molecule has 0 atom stereocenters. The lowest BCUT2D eigenvalue weighted by atomic mass is 10.1. The number of esters is 1. The first-order valence-electron chi connectivity index (χ1n) is 5.18. The van der Waals surface area contributed by atoms with Gasteiger partial charge in [-0.1, -0.05) is 13.8 Å². The van der Waals surface area contributed by atoms with Crippen molar-refractivity contribution in [3.8, 4) is 0 Å². The van der Waals surface area contributed by atoms with Gasteiger partial charge in [0.2, 0.25) is 5.79 Å². The van der Waals surface area contributed by atoms with E-state index < -0.39 is 5.79 Å². The minimum absolute atomic E-state index is 0.205. The lowest BCUT2D eigenvalue weighted by Crippen LogP contribution is -2.26. The maximum atomic E-state index is 11.3. The van der Waals surface area contributed by atoms with E-state index in [-0.39, 0.29) is 5.97 Å². The lowest BCUT2D eigenvalue weighted by molar-refractivity contribution is -0.155. The van der Waals surface area contributed by atoms with Gasteiger partial charge in [-0.2, -0.15) is 0 Å². The zero-order valence-corrected chi connectivity index (χ0v) is 9.49. The normalized spacial score (nSPS) is 17.3. The second kappa shape index (κ2) is 5.05. The number of hydrogen-bond acceptors (Lipinski definition) is 4. The third-order valence-corrected chi connectivity index (χ3v) is 2.05. The summed E-state index contributed by atoms with van der Waals surface area (Å²) in [4.78, 5) is 11.3. The molecule has 4 heteroatoms. The van der Waals surface area contributed by atoms with E-state index in [1.54, 1.807) is 6.92 Å². The average Bonchev–Trinajstić information content (AvgIpc) is 2.60. The van der Waals surface area contributed by atoms with Crippen LogP contribution in [-0.2, 0) is 19.0 Å². The Morgan fingerprint density at radius 3 is 2.53 bits per heavy atom. The van der Waals surface area contributed by atoms with E-state index in [1.807, 2.05) is 13.8 Å². The topological polar surface area (TPSA) is 44.8 Å². The quantitative estimate of drug-likeness (QED) is 0.658. The Balaban J connectivity index is 2.16. The standard InChI is InChI=1S/C11H18O4/c1-9(2)8-13-10(12)4-5-11(3)14-6-7-15-11/h6-7,9H,4-5,8H2,1-3H3. The van der Waals surface area contributed by atoms with Crippen molar-refractivity contribution < 1.29 is 19.0 Å². The van der Waals surface area contributed by atoms with Crippen molar-refractivity contribution in [3.63, 3.8) is 0 Å². The van der Waals surface area contributed by atoms with Gasteiger partial charge in [0.1, 0.15) is 12.5 Å². The fraction of sp³-hybridized carbons (Fsp3) is 0.727. The number of carbonyl (C=O) groups excluding carboxylic acids is 1. The Bertz CT molecular complexity index is 237. The van der Waals surface area contributed by atoms with Gasteiger partial charge in [-0.05, 0) is 5.92 Å². The number of hydrogen-bond donors (Lipinski definition) is 0. The van der Waals surface area contributed by atoms with Gasteiger partial charge in [-0.25, -0.2) is 0 Å². The van der Waals surface area contributed by atoms with Gasteiger partial charge in [0.25, 0.3) is 0 Å². The molecule has 0 fully saturated rings. The molecule has 0 aromatic rings. The monoisotopic (exact) mass is 214 g/mol. The zero-order chi connectivity index (χ0) is 11.3. The molecule has 0 saturated heterocycles. The van der Waals surface area contributed by atoms with Crippen molar-refractivity contribution in [2.24, 2.45) is 5.92 Å². The zero-order valence-electron chi connectivity index (χ0n) is 9.49. The van der Waals surface area contributed by atoms with Gasteiger partial charge in [0.15, 0.2) is 0 Å². The molecule has 0 aromatic heterocycles. The molecule has 1 aliphatic heterocycles. The van der Waals surface area contributed by atoms with E-state index in [0.717, 1.165) is 0 Å². The van der Waals surface area contributed by atoms with Gasteiger partial charge < -0.3 is 14.2 Å². The summed E-state index contributed by atoms with van der Waals surface area (Å²) in [5, 5.41) is 0. The van der Waals surface area contributed by atoms with Crippen LogP contribution in [0.2, 0.25) is 0 Å². The van der Waals surface area contributed by atoms with Crippen LogP contribution in [0.4, 0.5) is 0 Å². The molecule has 0 unspecified atom stereocenters. The third kappa shape index (κ3) is 4.23. The van der Waals surface area contributed by atoms with E-state index in [1.165, 1.54) is 12.5 Å². The van der Waals surface area contributed by atoms with Crippen LogP contribution in [0.5, 0.6) is 0 Å². The predicted molar refractivity (Wildman–Crippen MR) is 54.7 cm³/mol. The van der Waals surface area contributed by atoms with E-state index in [9.17, 15) is 4.79 Å². The molecule has 0 aromatic carbocycles. The van der Waals surface area contributed by atoms with Crippen molar-refractivity contribution in [3.05, 3.63) is 12.5 Å². The Labute approximate surface area is 90.2 Å². The van der Waals surface area contributed by atoms with Crippen LogP contribution in [0.25, 0.3) is 0 Å². The molecule has 0 amide bonds. The highest BCUT2D eigenvalue weighted by molar-refractivity contribution is 5.69. The molecule has 0 radical (unpaired) electrons. The van der Waals surface area contributed by atoms with Crippen LogP contribution >= 0.6 is 0 Å². The summed E-state index contributed by atoms with van der Waals surface area (Å²) >= 11 is 0. The molecule has 4 nitrogen and oxygen atoms in total. The van der Waals surface area contributed by atoms with Crippen LogP contribution in [0.3, 0.4) is 0 Å². The maximum Gasteiger partial charge on any atom is 0.306 e. The molecule has 0 N–H and O–H groups in total. The first kappa shape index (κ1) is 11.9. The van der Waals surface area contributed by atoms with Crippen molar-refractivity contribution in [1.29, 1.82) is 0 Å². The number of carbonyl (C=O) groups is 1.